The highest BCUT2D eigenvalue weighted by atomic mass is 19.4. The number of nitrogens with zero attached hydrogens (tertiary/aromatic N) is 3. The van der Waals surface area contributed by atoms with Crippen molar-refractivity contribution in [2.45, 2.75) is 38.6 Å². The first-order chi connectivity index (χ1) is 10.1. The van der Waals surface area contributed by atoms with Gasteiger partial charge < -0.3 is 10.0 Å². The number of anilines is 1. The minimum Gasteiger partial charge on any atom is -0.389 e. The SMILES string of the molecule is C[C@H]1CN(c2ncccc2C(F)(F)F)CCN1CC(C)(C)O. The van der Waals surface area contributed by atoms with Crippen molar-refractivity contribution < 1.29 is 18.3 Å². The van der Waals surface area contributed by atoms with Gasteiger partial charge in [0.05, 0.1) is 11.2 Å². The van der Waals surface area contributed by atoms with E-state index >= 15 is 0 Å². The molecule has 1 aromatic heterocycles. The van der Waals surface area contributed by atoms with Crippen LogP contribution in [0, 0.1) is 0 Å². The van der Waals surface area contributed by atoms with Crippen LogP contribution < -0.4 is 4.90 Å². The molecule has 2 rings (SSSR count). The number of aliphatic hydroxyl groups is 1. The smallest absolute Gasteiger partial charge is 0.389 e. The molecule has 0 amide bonds. The second-order valence-electron chi connectivity index (χ2n) is 6.45. The number of hydrogen-bond acceptors (Lipinski definition) is 4. The first-order valence-corrected chi connectivity index (χ1v) is 7.31. The summed E-state index contributed by atoms with van der Waals surface area (Å²) in [5.74, 6) is -0.00948. The Balaban J connectivity index is 2.14. The van der Waals surface area contributed by atoms with E-state index in [0.717, 1.165) is 6.07 Å². The summed E-state index contributed by atoms with van der Waals surface area (Å²) in [7, 11) is 0. The number of rotatable bonds is 3. The lowest BCUT2D eigenvalue weighted by molar-refractivity contribution is -0.137. The van der Waals surface area contributed by atoms with E-state index in [-0.39, 0.29) is 11.9 Å². The van der Waals surface area contributed by atoms with Crippen molar-refractivity contribution in [1.29, 1.82) is 0 Å². The predicted molar refractivity (Wildman–Crippen MR) is 78.8 cm³/mol. The zero-order valence-electron chi connectivity index (χ0n) is 13.1. The van der Waals surface area contributed by atoms with Gasteiger partial charge in [-0.2, -0.15) is 13.2 Å². The highest BCUT2D eigenvalue weighted by molar-refractivity contribution is 5.49. The van der Waals surface area contributed by atoms with Crippen LogP contribution in [0.3, 0.4) is 0 Å². The first-order valence-electron chi connectivity index (χ1n) is 7.31. The van der Waals surface area contributed by atoms with Crippen molar-refractivity contribution in [1.82, 2.24) is 9.88 Å². The van der Waals surface area contributed by atoms with Crippen LogP contribution in [0.2, 0.25) is 0 Å². The molecule has 2 heterocycles. The standard InChI is InChI=1S/C15H22F3N3O/c1-11-9-20(7-8-21(11)10-14(2,3)22)13-12(15(16,17)18)5-4-6-19-13/h4-6,11,22H,7-10H2,1-3H3/t11-/m0/s1. The summed E-state index contributed by atoms with van der Waals surface area (Å²) >= 11 is 0. The quantitative estimate of drug-likeness (QED) is 0.929. The molecule has 7 heteroatoms. The molecule has 0 unspecified atom stereocenters. The molecule has 124 valence electrons. The number of piperazine rings is 1. The maximum Gasteiger partial charge on any atom is 0.419 e. The van der Waals surface area contributed by atoms with E-state index in [1.165, 1.54) is 12.3 Å². The summed E-state index contributed by atoms with van der Waals surface area (Å²) in [6, 6.07) is 2.42. The van der Waals surface area contributed by atoms with Crippen LogP contribution in [0.4, 0.5) is 19.0 Å². The van der Waals surface area contributed by atoms with Gasteiger partial charge in [0.1, 0.15) is 5.82 Å². The van der Waals surface area contributed by atoms with E-state index in [0.29, 0.717) is 26.2 Å². The van der Waals surface area contributed by atoms with E-state index in [1.807, 2.05) is 6.92 Å². The van der Waals surface area contributed by atoms with E-state index in [9.17, 15) is 18.3 Å². The molecular weight excluding hydrogens is 295 g/mol. The van der Waals surface area contributed by atoms with Crippen LogP contribution in [0.5, 0.6) is 0 Å². The summed E-state index contributed by atoms with van der Waals surface area (Å²) < 4.78 is 39.3. The number of alkyl halides is 3. The molecule has 0 bridgehead atoms. The molecule has 0 saturated carbocycles. The third kappa shape index (κ3) is 4.10. The van der Waals surface area contributed by atoms with Gasteiger partial charge in [-0.15, -0.1) is 0 Å². The Morgan fingerprint density at radius 2 is 2.00 bits per heavy atom. The molecule has 22 heavy (non-hydrogen) atoms. The minimum atomic E-state index is -4.41. The summed E-state index contributed by atoms with van der Waals surface area (Å²) in [5, 5.41) is 9.91. The number of pyridine rings is 1. The molecule has 0 radical (unpaired) electrons. The fraction of sp³-hybridized carbons (Fsp3) is 0.667. The average Bonchev–Trinajstić information content (AvgIpc) is 2.39. The zero-order chi connectivity index (χ0) is 16.5. The number of β-amino-alcohol motifs (C(OH)–C–C–N with tert-alkyl or cyclic N) is 1. The number of halogens is 3. The van der Waals surface area contributed by atoms with Gasteiger partial charge in [0.15, 0.2) is 0 Å². The summed E-state index contributed by atoms with van der Waals surface area (Å²) in [4.78, 5) is 7.71. The van der Waals surface area contributed by atoms with Gasteiger partial charge in [-0.3, -0.25) is 4.90 Å². The van der Waals surface area contributed by atoms with Crippen LogP contribution in [-0.4, -0.2) is 52.8 Å². The molecule has 1 aliphatic rings. The molecule has 1 saturated heterocycles. The topological polar surface area (TPSA) is 39.6 Å². The zero-order valence-corrected chi connectivity index (χ0v) is 13.1. The van der Waals surface area contributed by atoms with Crippen molar-refractivity contribution in [2.75, 3.05) is 31.1 Å². The largest absolute Gasteiger partial charge is 0.419 e. The lowest BCUT2D eigenvalue weighted by Crippen LogP contribution is -2.55. The lowest BCUT2D eigenvalue weighted by atomic mass is 10.1. The molecule has 1 aromatic rings. The van der Waals surface area contributed by atoms with Crippen molar-refractivity contribution in [2.24, 2.45) is 0 Å². The van der Waals surface area contributed by atoms with Gasteiger partial charge in [-0.1, -0.05) is 0 Å². The molecule has 0 aromatic carbocycles. The van der Waals surface area contributed by atoms with E-state index < -0.39 is 17.3 Å². The van der Waals surface area contributed by atoms with Gasteiger partial charge in [0.2, 0.25) is 0 Å². The Labute approximate surface area is 128 Å². The Morgan fingerprint density at radius 3 is 2.55 bits per heavy atom. The van der Waals surface area contributed by atoms with Crippen molar-refractivity contribution in [3.05, 3.63) is 23.9 Å². The van der Waals surface area contributed by atoms with Crippen LogP contribution in [0.15, 0.2) is 18.3 Å². The maximum atomic E-state index is 13.1. The monoisotopic (exact) mass is 317 g/mol. The first kappa shape index (κ1) is 17.0. The normalized spacial score (nSPS) is 21.2. The molecule has 1 atom stereocenters. The Morgan fingerprint density at radius 1 is 1.32 bits per heavy atom. The second kappa shape index (κ2) is 6.04. The number of aromatic nitrogens is 1. The fourth-order valence-corrected chi connectivity index (χ4v) is 2.79. The van der Waals surface area contributed by atoms with E-state index in [1.54, 1.807) is 18.7 Å². The molecular formula is C15H22F3N3O. The van der Waals surface area contributed by atoms with Crippen LogP contribution in [-0.2, 0) is 6.18 Å². The minimum absolute atomic E-state index is 0.00948. The highest BCUT2D eigenvalue weighted by Gasteiger charge is 2.37. The molecule has 1 fully saturated rings. The van der Waals surface area contributed by atoms with Gasteiger partial charge in [0, 0.05) is 38.4 Å². The highest BCUT2D eigenvalue weighted by Crippen LogP contribution is 2.35. The van der Waals surface area contributed by atoms with Gasteiger partial charge in [0.25, 0.3) is 0 Å². The van der Waals surface area contributed by atoms with E-state index in [4.69, 9.17) is 0 Å². The predicted octanol–water partition coefficient (Wildman–Crippen LogP) is 2.38. The van der Waals surface area contributed by atoms with Gasteiger partial charge >= 0.3 is 6.18 Å². The molecule has 0 spiro atoms. The number of hydrogen-bond donors (Lipinski definition) is 1. The summed E-state index contributed by atoms with van der Waals surface area (Å²) in [6.07, 6.45) is -3.02. The van der Waals surface area contributed by atoms with Gasteiger partial charge in [-0.25, -0.2) is 4.98 Å². The Kier molecular flexibility index (Phi) is 4.67. The molecule has 1 N–H and O–H groups in total. The molecule has 4 nitrogen and oxygen atoms in total. The summed E-state index contributed by atoms with van der Waals surface area (Å²) in [6.45, 7) is 7.42. The van der Waals surface area contributed by atoms with Crippen LogP contribution in [0.25, 0.3) is 0 Å². The van der Waals surface area contributed by atoms with Crippen molar-refractivity contribution >= 4 is 5.82 Å². The fourth-order valence-electron chi connectivity index (χ4n) is 2.79. The average molecular weight is 317 g/mol. The molecule has 0 aliphatic carbocycles. The molecule has 1 aliphatic heterocycles. The van der Waals surface area contributed by atoms with Gasteiger partial charge in [-0.05, 0) is 32.9 Å². The third-order valence-electron chi connectivity index (χ3n) is 3.75. The Bertz CT molecular complexity index is 513. The second-order valence-corrected chi connectivity index (χ2v) is 6.45. The van der Waals surface area contributed by atoms with Crippen molar-refractivity contribution in [3.8, 4) is 0 Å². The summed E-state index contributed by atoms with van der Waals surface area (Å²) in [5.41, 5.74) is -1.52. The maximum absolute atomic E-state index is 13.1. The van der Waals surface area contributed by atoms with Crippen LogP contribution >= 0.6 is 0 Å². The van der Waals surface area contributed by atoms with Crippen LogP contribution in [0.1, 0.15) is 26.3 Å². The van der Waals surface area contributed by atoms with E-state index in [2.05, 4.69) is 9.88 Å². The lowest BCUT2D eigenvalue weighted by Gasteiger charge is -2.42. The third-order valence-corrected chi connectivity index (χ3v) is 3.75. The Hall–Kier alpha value is -1.34. The van der Waals surface area contributed by atoms with Crippen molar-refractivity contribution in [3.63, 3.8) is 0 Å².